The van der Waals surface area contributed by atoms with Gasteiger partial charge in [0.15, 0.2) is 16.8 Å². The molecule has 4 N–H and O–H groups in total. The number of benzene rings is 1. The molecule has 0 unspecified atom stereocenters. The molecule has 0 aliphatic heterocycles. The lowest BCUT2D eigenvalue weighted by Crippen LogP contribution is -2.05. The Morgan fingerprint density at radius 3 is 2.45 bits per heavy atom. The molecule has 0 bridgehead atoms. The van der Waals surface area contributed by atoms with E-state index >= 15 is 0 Å². The number of nitrogens with one attached hydrogen (secondary N) is 2. The number of aryl methyl sites for hydroxylation is 2. The molecular formula is C15H16N6S. The van der Waals surface area contributed by atoms with Crippen molar-refractivity contribution in [3.05, 3.63) is 47.2 Å². The molecule has 0 spiro atoms. The molecule has 0 radical (unpaired) electrons. The van der Waals surface area contributed by atoms with Crippen LogP contribution in [0.4, 0.5) is 28.1 Å². The highest BCUT2D eigenvalue weighted by atomic mass is 32.1. The Kier molecular flexibility index (Phi) is 3.88. The first-order valence-electron chi connectivity index (χ1n) is 6.75. The van der Waals surface area contributed by atoms with Crippen molar-refractivity contribution in [3.63, 3.8) is 0 Å². The Bertz CT molecular complexity index is 785. The minimum atomic E-state index is 0.455. The molecule has 22 heavy (non-hydrogen) atoms. The second-order valence-electron chi connectivity index (χ2n) is 4.87. The van der Waals surface area contributed by atoms with Crippen LogP contribution < -0.4 is 16.4 Å². The number of aromatic nitrogens is 3. The number of hydrogen-bond donors (Lipinski definition) is 3. The highest BCUT2D eigenvalue weighted by Gasteiger charge is 2.10. The van der Waals surface area contributed by atoms with Gasteiger partial charge in [-0.1, -0.05) is 6.07 Å². The van der Waals surface area contributed by atoms with E-state index < -0.39 is 0 Å². The normalized spacial score (nSPS) is 10.5. The summed E-state index contributed by atoms with van der Waals surface area (Å²) in [6.45, 7) is 4.15. The predicted octanol–water partition coefficient (Wildman–Crippen LogP) is 3.62. The lowest BCUT2D eigenvalue weighted by atomic mass is 10.1. The van der Waals surface area contributed by atoms with Gasteiger partial charge in [-0.05, 0) is 37.1 Å². The van der Waals surface area contributed by atoms with E-state index in [0.29, 0.717) is 17.3 Å². The quantitative estimate of drug-likeness (QED) is 0.682. The summed E-state index contributed by atoms with van der Waals surface area (Å²) < 4.78 is 0. The number of hydrogen-bond acceptors (Lipinski definition) is 7. The molecule has 0 saturated heterocycles. The Morgan fingerprint density at radius 1 is 1.00 bits per heavy atom. The second-order valence-corrected chi connectivity index (χ2v) is 5.77. The van der Waals surface area contributed by atoms with E-state index in [4.69, 9.17) is 5.73 Å². The first kappa shape index (κ1) is 14.3. The third-order valence-electron chi connectivity index (χ3n) is 3.31. The second kappa shape index (κ2) is 5.98. The Hall–Kier alpha value is -2.67. The van der Waals surface area contributed by atoms with E-state index in [1.165, 1.54) is 28.8 Å². The van der Waals surface area contributed by atoms with Gasteiger partial charge in [0.1, 0.15) is 12.0 Å². The Morgan fingerprint density at radius 2 is 1.77 bits per heavy atom. The van der Waals surface area contributed by atoms with Crippen molar-refractivity contribution >= 4 is 39.5 Å². The number of rotatable bonds is 4. The summed E-state index contributed by atoms with van der Waals surface area (Å²) in [6.07, 6.45) is 3.19. The molecule has 2 heterocycles. The summed E-state index contributed by atoms with van der Waals surface area (Å²) in [7, 11) is 0. The van der Waals surface area contributed by atoms with E-state index in [2.05, 4.69) is 51.6 Å². The number of nitrogens with two attached hydrogens (primary N) is 1. The minimum absolute atomic E-state index is 0.455. The zero-order chi connectivity index (χ0) is 15.5. The van der Waals surface area contributed by atoms with Gasteiger partial charge in [0.2, 0.25) is 0 Å². The fourth-order valence-electron chi connectivity index (χ4n) is 1.94. The summed E-state index contributed by atoms with van der Waals surface area (Å²) in [4.78, 5) is 12.5. The maximum Gasteiger partial charge on any atom is 0.188 e. The fraction of sp³-hybridized carbons (Fsp3) is 0.133. The van der Waals surface area contributed by atoms with Crippen molar-refractivity contribution < 1.29 is 0 Å². The van der Waals surface area contributed by atoms with Gasteiger partial charge >= 0.3 is 0 Å². The summed E-state index contributed by atoms with van der Waals surface area (Å²) in [5.74, 6) is 1.11. The molecule has 1 aromatic carbocycles. The molecule has 0 saturated carbocycles. The number of thiazole rings is 1. The monoisotopic (exact) mass is 312 g/mol. The molecule has 3 aromatic rings. The maximum atomic E-state index is 6.14. The third-order valence-corrected chi connectivity index (χ3v) is 4.00. The topological polar surface area (TPSA) is 88.8 Å². The van der Waals surface area contributed by atoms with Crippen LogP contribution in [0.25, 0.3) is 0 Å². The molecule has 3 rings (SSSR count). The summed E-state index contributed by atoms with van der Waals surface area (Å²) >= 11 is 1.48. The van der Waals surface area contributed by atoms with E-state index in [9.17, 15) is 0 Å². The van der Waals surface area contributed by atoms with Gasteiger partial charge in [0.05, 0.1) is 0 Å². The number of nitrogen functional groups attached to an aromatic ring is 1. The molecule has 6 nitrogen and oxygen atoms in total. The molecule has 7 heteroatoms. The smallest absolute Gasteiger partial charge is 0.188 e. The van der Waals surface area contributed by atoms with Crippen LogP contribution in [-0.2, 0) is 0 Å². The molecule has 0 aliphatic carbocycles. The van der Waals surface area contributed by atoms with Gasteiger partial charge in [-0.25, -0.2) is 15.0 Å². The van der Waals surface area contributed by atoms with E-state index in [1.54, 1.807) is 6.20 Å². The molecule has 0 amide bonds. The zero-order valence-corrected chi connectivity index (χ0v) is 13.1. The van der Waals surface area contributed by atoms with Crippen LogP contribution in [0.2, 0.25) is 0 Å². The third kappa shape index (κ3) is 2.99. The van der Waals surface area contributed by atoms with Gasteiger partial charge in [-0.15, -0.1) is 11.3 Å². The van der Waals surface area contributed by atoms with Gasteiger partial charge in [0.25, 0.3) is 0 Å². The van der Waals surface area contributed by atoms with Crippen LogP contribution in [0.3, 0.4) is 0 Å². The van der Waals surface area contributed by atoms with Crippen molar-refractivity contribution in [2.24, 2.45) is 0 Å². The fourth-order valence-corrected chi connectivity index (χ4v) is 2.47. The van der Waals surface area contributed by atoms with Gasteiger partial charge < -0.3 is 16.4 Å². The predicted molar refractivity (Wildman–Crippen MR) is 91.0 cm³/mol. The van der Waals surface area contributed by atoms with E-state index in [1.807, 2.05) is 11.4 Å². The lowest BCUT2D eigenvalue weighted by Gasteiger charge is -2.12. The number of nitrogens with zero attached hydrogens (tertiary/aromatic N) is 3. The average Bonchev–Trinajstić information content (AvgIpc) is 3.00. The van der Waals surface area contributed by atoms with Crippen molar-refractivity contribution in [1.82, 2.24) is 15.0 Å². The summed E-state index contributed by atoms with van der Waals surface area (Å²) in [5.41, 5.74) is 9.99. The zero-order valence-electron chi connectivity index (χ0n) is 12.3. The SMILES string of the molecule is Cc1ccc(Nc2ncnc(Nc3nccs3)c2N)cc1C. The van der Waals surface area contributed by atoms with Gasteiger partial charge in [0, 0.05) is 17.3 Å². The molecular weight excluding hydrogens is 296 g/mol. The lowest BCUT2D eigenvalue weighted by molar-refractivity contribution is 1.17. The first-order valence-corrected chi connectivity index (χ1v) is 7.62. The number of anilines is 5. The van der Waals surface area contributed by atoms with Crippen molar-refractivity contribution in [2.45, 2.75) is 13.8 Å². The molecule has 0 fully saturated rings. The van der Waals surface area contributed by atoms with Gasteiger partial charge in [-0.2, -0.15) is 0 Å². The summed E-state index contributed by atoms with van der Waals surface area (Å²) in [5, 5.41) is 8.94. The molecule has 0 aliphatic rings. The first-order chi connectivity index (χ1) is 10.6. The van der Waals surface area contributed by atoms with Gasteiger partial charge in [-0.3, -0.25) is 0 Å². The standard InChI is InChI=1S/C15H16N6S/c1-9-3-4-11(7-10(9)2)20-13-12(16)14(19-8-18-13)21-15-17-5-6-22-15/h3-8H,16H2,1-2H3,(H2,17,18,19,20,21). The van der Waals surface area contributed by atoms with E-state index in [0.717, 1.165) is 10.8 Å². The van der Waals surface area contributed by atoms with Crippen molar-refractivity contribution in [1.29, 1.82) is 0 Å². The largest absolute Gasteiger partial charge is 0.393 e. The van der Waals surface area contributed by atoms with Crippen molar-refractivity contribution in [2.75, 3.05) is 16.4 Å². The minimum Gasteiger partial charge on any atom is -0.393 e. The van der Waals surface area contributed by atoms with Crippen LogP contribution in [0.15, 0.2) is 36.1 Å². The Balaban J connectivity index is 1.86. The van der Waals surface area contributed by atoms with Crippen molar-refractivity contribution in [3.8, 4) is 0 Å². The average molecular weight is 312 g/mol. The van der Waals surface area contributed by atoms with Crippen LogP contribution in [0, 0.1) is 13.8 Å². The maximum absolute atomic E-state index is 6.14. The Labute approximate surface area is 132 Å². The van der Waals surface area contributed by atoms with Crippen LogP contribution in [0.5, 0.6) is 0 Å². The highest BCUT2D eigenvalue weighted by Crippen LogP contribution is 2.29. The molecule has 0 atom stereocenters. The molecule has 2 aromatic heterocycles. The van der Waals surface area contributed by atoms with E-state index in [-0.39, 0.29) is 0 Å². The van der Waals surface area contributed by atoms with Crippen LogP contribution in [-0.4, -0.2) is 15.0 Å². The summed E-state index contributed by atoms with van der Waals surface area (Å²) in [6, 6.07) is 6.12. The molecule has 112 valence electrons. The van der Waals surface area contributed by atoms with Crippen LogP contribution in [0.1, 0.15) is 11.1 Å². The van der Waals surface area contributed by atoms with Crippen LogP contribution >= 0.6 is 11.3 Å². The highest BCUT2D eigenvalue weighted by molar-refractivity contribution is 7.13.